The maximum atomic E-state index is 8.62. The van der Waals surface area contributed by atoms with Gasteiger partial charge in [-0.2, -0.15) is 0 Å². The lowest BCUT2D eigenvalue weighted by Gasteiger charge is -2.30. The lowest BCUT2D eigenvalue weighted by Crippen LogP contribution is -2.38. The zero-order valence-electron chi connectivity index (χ0n) is 9.66. The molecule has 0 bridgehead atoms. The number of piperidine rings is 1. The van der Waals surface area contributed by atoms with Crippen molar-refractivity contribution in [2.24, 2.45) is 16.8 Å². The van der Waals surface area contributed by atoms with Crippen molar-refractivity contribution in [2.45, 2.75) is 19.4 Å². The van der Waals surface area contributed by atoms with Gasteiger partial charge in [0, 0.05) is 18.3 Å². The first-order valence-electron chi connectivity index (χ1n) is 5.75. The van der Waals surface area contributed by atoms with E-state index < -0.39 is 0 Å². The lowest BCUT2D eigenvalue weighted by atomic mass is 9.96. The molecule has 1 aromatic heterocycles. The van der Waals surface area contributed by atoms with Gasteiger partial charge in [-0.05, 0) is 32.0 Å². The molecule has 0 aliphatic carbocycles. The zero-order chi connectivity index (χ0) is 12.1. The summed E-state index contributed by atoms with van der Waals surface area (Å²) in [4.78, 5) is 10.7. The highest BCUT2D eigenvalue weighted by molar-refractivity contribution is 5.82. The van der Waals surface area contributed by atoms with Gasteiger partial charge >= 0.3 is 0 Å². The third-order valence-corrected chi connectivity index (χ3v) is 3.11. The fourth-order valence-corrected chi connectivity index (χ4v) is 2.08. The third kappa shape index (κ3) is 3.13. The Morgan fingerprint density at radius 1 is 1.41 bits per heavy atom. The summed E-state index contributed by atoms with van der Waals surface area (Å²) in [5.41, 5.74) is 5.60. The number of amidine groups is 1. The van der Waals surface area contributed by atoms with Crippen LogP contribution in [0.2, 0.25) is 0 Å². The maximum absolute atomic E-state index is 8.62. The van der Waals surface area contributed by atoms with Gasteiger partial charge in [0.15, 0.2) is 0 Å². The number of aromatic nitrogens is 2. The van der Waals surface area contributed by atoms with Crippen LogP contribution in [0, 0.1) is 5.92 Å². The average molecular weight is 235 g/mol. The molecular weight excluding hydrogens is 218 g/mol. The van der Waals surface area contributed by atoms with Crippen molar-refractivity contribution < 1.29 is 5.21 Å². The Morgan fingerprint density at radius 3 is 2.65 bits per heavy atom. The summed E-state index contributed by atoms with van der Waals surface area (Å²) in [6, 6.07) is 1.81. The van der Waals surface area contributed by atoms with Crippen LogP contribution in [-0.2, 0) is 6.54 Å². The predicted octanol–water partition coefficient (Wildman–Crippen LogP) is 0.435. The van der Waals surface area contributed by atoms with Gasteiger partial charge in [0.2, 0.25) is 0 Å². The molecule has 1 saturated heterocycles. The van der Waals surface area contributed by atoms with E-state index >= 15 is 0 Å². The summed E-state index contributed by atoms with van der Waals surface area (Å²) in [6.07, 6.45) is 5.35. The average Bonchev–Trinajstić information content (AvgIpc) is 2.40. The molecule has 0 radical (unpaired) electrons. The molecule has 0 amide bonds. The van der Waals surface area contributed by atoms with Crippen LogP contribution in [0.15, 0.2) is 23.6 Å². The summed E-state index contributed by atoms with van der Waals surface area (Å²) in [5, 5.41) is 11.7. The molecule has 0 spiro atoms. The first-order valence-corrected chi connectivity index (χ1v) is 5.75. The SMILES string of the molecule is NC(=NO)C1CCN(Cc2ncccn2)CC1. The number of hydrogen-bond donors (Lipinski definition) is 2. The first kappa shape index (κ1) is 11.8. The molecule has 0 aromatic carbocycles. The van der Waals surface area contributed by atoms with Crippen molar-refractivity contribution in [2.75, 3.05) is 13.1 Å². The number of likely N-dealkylation sites (tertiary alicyclic amines) is 1. The molecule has 1 aromatic rings. The Labute approximate surface area is 100 Å². The Hall–Kier alpha value is -1.69. The van der Waals surface area contributed by atoms with E-state index in [1.807, 2.05) is 6.07 Å². The second-order valence-electron chi connectivity index (χ2n) is 4.24. The molecule has 6 heteroatoms. The number of nitrogens with zero attached hydrogens (tertiary/aromatic N) is 4. The van der Waals surface area contributed by atoms with Crippen LogP contribution in [0.4, 0.5) is 0 Å². The van der Waals surface area contributed by atoms with Crippen molar-refractivity contribution in [3.8, 4) is 0 Å². The molecule has 2 heterocycles. The molecule has 3 N–H and O–H groups in total. The van der Waals surface area contributed by atoms with Crippen molar-refractivity contribution in [1.29, 1.82) is 0 Å². The van der Waals surface area contributed by atoms with Crippen LogP contribution in [-0.4, -0.2) is 39.0 Å². The second kappa shape index (κ2) is 5.58. The molecule has 1 aliphatic rings. The molecule has 0 saturated carbocycles. The van der Waals surface area contributed by atoms with E-state index in [2.05, 4.69) is 20.0 Å². The normalized spacial score (nSPS) is 19.4. The third-order valence-electron chi connectivity index (χ3n) is 3.11. The van der Waals surface area contributed by atoms with Gasteiger partial charge in [-0.15, -0.1) is 0 Å². The highest BCUT2D eigenvalue weighted by Crippen LogP contribution is 2.18. The molecule has 92 valence electrons. The molecule has 0 unspecified atom stereocenters. The highest BCUT2D eigenvalue weighted by Gasteiger charge is 2.22. The van der Waals surface area contributed by atoms with E-state index in [0.29, 0.717) is 5.84 Å². The molecular formula is C11H17N5O. The Morgan fingerprint density at radius 2 is 2.06 bits per heavy atom. The van der Waals surface area contributed by atoms with Gasteiger partial charge in [0.25, 0.3) is 0 Å². The maximum Gasteiger partial charge on any atom is 0.142 e. The minimum Gasteiger partial charge on any atom is -0.409 e. The van der Waals surface area contributed by atoms with Crippen LogP contribution in [0.5, 0.6) is 0 Å². The molecule has 2 rings (SSSR count). The topological polar surface area (TPSA) is 87.6 Å². The van der Waals surface area contributed by atoms with Gasteiger partial charge in [0.05, 0.1) is 6.54 Å². The number of nitrogens with two attached hydrogens (primary N) is 1. The van der Waals surface area contributed by atoms with E-state index in [1.165, 1.54) is 0 Å². The van der Waals surface area contributed by atoms with E-state index in [-0.39, 0.29) is 5.92 Å². The Kier molecular flexibility index (Phi) is 3.87. The lowest BCUT2D eigenvalue weighted by molar-refractivity contribution is 0.194. The highest BCUT2D eigenvalue weighted by atomic mass is 16.4. The quantitative estimate of drug-likeness (QED) is 0.343. The van der Waals surface area contributed by atoms with E-state index in [0.717, 1.165) is 38.3 Å². The van der Waals surface area contributed by atoms with Gasteiger partial charge in [0.1, 0.15) is 11.7 Å². The Balaban J connectivity index is 1.84. The number of hydrogen-bond acceptors (Lipinski definition) is 5. The molecule has 6 nitrogen and oxygen atoms in total. The van der Waals surface area contributed by atoms with Crippen LogP contribution in [0.25, 0.3) is 0 Å². The molecule has 1 aliphatic heterocycles. The van der Waals surface area contributed by atoms with Gasteiger partial charge < -0.3 is 10.9 Å². The van der Waals surface area contributed by atoms with Crippen LogP contribution < -0.4 is 5.73 Å². The molecule has 0 atom stereocenters. The van der Waals surface area contributed by atoms with Gasteiger partial charge in [-0.25, -0.2) is 9.97 Å². The minimum atomic E-state index is 0.202. The number of oxime groups is 1. The van der Waals surface area contributed by atoms with Crippen molar-refractivity contribution >= 4 is 5.84 Å². The standard InChI is InChI=1S/C11H17N5O/c12-11(15-17)9-2-6-16(7-3-9)8-10-13-4-1-5-14-10/h1,4-5,9,17H,2-3,6-8H2,(H2,12,15). The summed E-state index contributed by atoms with van der Waals surface area (Å²) in [6.45, 7) is 2.63. The predicted molar refractivity (Wildman–Crippen MR) is 63.4 cm³/mol. The van der Waals surface area contributed by atoms with Gasteiger partial charge in [-0.1, -0.05) is 5.16 Å². The van der Waals surface area contributed by atoms with Crippen molar-refractivity contribution in [3.05, 3.63) is 24.3 Å². The van der Waals surface area contributed by atoms with Crippen LogP contribution >= 0.6 is 0 Å². The van der Waals surface area contributed by atoms with Crippen molar-refractivity contribution in [1.82, 2.24) is 14.9 Å². The largest absolute Gasteiger partial charge is 0.409 e. The minimum absolute atomic E-state index is 0.202. The van der Waals surface area contributed by atoms with Crippen LogP contribution in [0.1, 0.15) is 18.7 Å². The summed E-state index contributed by atoms with van der Waals surface area (Å²) >= 11 is 0. The monoisotopic (exact) mass is 235 g/mol. The summed E-state index contributed by atoms with van der Waals surface area (Å²) < 4.78 is 0. The summed E-state index contributed by atoms with van der Waals surface area (Å²) in [5.74, 6) is 1.39. The fraction of sp³-hybridized carbons (Fsp3) is 0.545. The van der Waals surface area contributed by atoms with E-state index in [4.69, 9.17) is 10.9 Å². The van der Waals surface area contributed by atoms with Gasteiger partial charge in [-0.3, -0.25) is 4.90 Å². The zero-order valence-corrected chi connectivity index (χ0v) is 9.66. The van der Waals surface area contributed by atoms with Crippen molar-refractivity contribution in [3.63, 3.8) is 0 Å². The van der Waals surface area contributed by atoms with E-state index in [9.17, 15) is 0 Å². The van der Waals surface area contributed by atoms with E-state index in [1.54, 1.807) is 12.4 Å². The second-order valence-corrected chi connectivity index (χ2v) is 4.24. The fourth-order valence-electron chi connectivity index (χ4n) is 2.08. The van der Waals surface area contributed by atoms with Crippen LogP contribution in [0.3, 0.4) is 0 Å². The number of rotatable bonds is 3. The molecule has 17 heavy (non-hydrogen) atoms. The Bertz CT molecular complexity index is 373. The smallest absolute Gasteiger partial charge is 0.142 e. The summed E-state index contributed by atoms with van der Waals surface area (Å²) in [7, 11) is 0. The molecule has 1 fully saturated rings. The first-order chi connectivity index (χ1) is 8.29.